The van der Waals surface area contributed by atoms with Crippen molar-refractivity contribution in [3.63, 3.8) is 0 Å². The number of nitrogen functional groups attached to an aromatic ring is 2. The minimum atomic E-state index is -2.35. The summed E-state index contributed by atoms with van der Waals surface area (Å²) in [6.07, 6.45) is -6.06. The third-order valence-electron chi connectivity index (χ3n) is 18.3. The number of hydrogen-bond acceptors (Lipinski definition) is 23. The Kier molecular flexibility index (Phi) is 18.0. The topological polar surface area (TPSA) is 354 Å². The van der Waals surface area contributed by atoms with Crippen molar-refractivity contribution >= 4 is 70.6 Å². The Hall–Kier alpha value is -6.48. The Bertz CT molecular complexity index is 3260. The molecule has 1 spiro atoms. The van der Waals surface area contributed by atoms with Gasteiger partial charge in [-0.25, -0.2) is 29.3 Å². The van der Waals surface area contributed by atoms with E-state index in [2.05, 4.69) is 32.1 Å². The highest BCUT2D eigenvalue weighted by Crippen LogP contribution is 2.64. The number of nitrogens with one attached hydrogen (secondary N) is 1. The first-order valence-electron chi connectivity index (χ1n) is 28.6. The van der Waals surface area contributed by atoms with Crippen molar-refractivity contribution in [2.75, 3.05) is 42.7 Å². The molecule has 10 rings (SSSR count). The molecule has 2 bridgehead atoms. The molecule has 3 saturated heterocycles. The number of aliphatic hydroxyl groups excluding tert-OH is 3. The summed E-state index contributed by atoms with van der Waals surface area (Å²) in [4.78, 5) is 84.9. The summed E-state index contributed by atoms with van der Waals surface area (Å²) >= 11 is 7.53. The average Bonchev–Trinajstić information content (AvgIpc) is 0.743. The lowest BCUT2D eigenvalue weighted by molar-refractivity contribution is -0.346. The van der Waals surface area contributed by atoms with Gasteiger partial charge in [-0.3, -0.25) is 9.59 Å². The molecule has 1 amide bonds. The van der Waals surface area contributed by atoms with Crippen LogP contribution in [0.1, 0.15) is 110 Å². The highest BCUT2D eigenvalue weighted by Gasteiger charge is 2.78. The molecule has 6 aliphatic rings. The number of nitrogens with two attached hydrogens (primary N) is 3. The van der Waals surface area contributed by atoms with Crippen LogP contribution in [0.25, 0.3) is 0 Å². The third kappa shape index (κ3) is 11.8. The number of ether oxygens (including phenoxy) is 6. The van der Waals surface area contributed by atoms with Crippen molar-refractivity contribution < 1.29 is 72.8 Å². The van der Waals surface area contributed by atoms with Gasteiger partial charge in [-0.05, 0) is 89.3 Å². The summed E-state index contributed by atoms with van der Waals surface area (Å²) in [7, 11) is 0. The van der Waals surface area contributed by atoms with Crippen LogP contribution in [0, 0.1) is 22.2 Å². The van der Waals surface area contributed by atoms with Gasteiger partial charge in [0.1, 0.15) is 52.3 Å². The van der Waals surface area contributed by atoms with Gasteiger partial charge in [0.05, 0.1) is 59.6 Å². The summed E-state index contributed by atoms with van der Waals surface area (Å²) < 4.78 is 35.3. The molecule has 11 N–H and O–H groups in total. The van der Waals surface area contributed by atoms with E-state index < -0.39 is 112 Å². The van der Waals surface area contributed by atoms with Crippen molar-refractivity contribution in [1.82, 2.24) is 20.3 Å². The molecule has 2 aromatic carbocycles. The van der Waals surface area contributed by atoms with E-state index >= 15 is 0 Å². The van der Waals surface area contributed by atoms with Crippen molar-refractivity contribution in [2.45, 2.75) is 170 Å². The molecule has 23 nitrogen and oxygen atoms in total. The van der Waals surface area contributed by atoms with Gasteiger partial charge in [0.15, 0.2) is 23.3 Å². The second kappa shape index (κ2) is 24.2. The molecule has 4 aromatic rings. The van der Waals surface area contributed by atoms with E-state index in [4.69, 9.17) is 57.2 Å². The Morgan fingerprint density at radius 1 is 0.930 bits per heavy atom. The zero-order valence-corrected chi connectivity index (χ0v) is 51.1. The molecule has 13 atom stereocenters. The van der Waals surface area contributed by atoms with Gasteiger partial charge in [0, 0.05) is 60.8 Å². The van der Waals surface area contributed by atoms with Crippen LogP contribution in [0.4, 0.5) is 22.2 Å². The van der Waals surface area contributed by atoms with Crippen molar-refractivity contribution in [3.8, 4) is 0 Å². The van der Waals surface area contributed by atoms with Crippen molar-refractivity contribution in [2.24, 2.45) is 27.9 Å². The maximum Gasteiger partial charge on any atom is 0.408 e. The zero-order valence-electron chi connectivity index (χ0n) is 49.5. The van der Waals surface area contributed by atoms with Gasteiger partial charge in [-0.15, -0.1) is 0 Å². The molecular weight excluding hydrogens is 1150 g/mol. The Morgan fingerprint density at radius 3 is 2.16 bits per heavy atom. The summed E-state index contributed by atoms with van der Waals surface area (Å²) in [5.41, 5.74) is 10.3. The van der Waals surface area contributed by atoms with Gasteiger partial charge in [0.2, 0.25) is 0 Å². The molecule has 86 heavy (non-hydrogen) atoms. The Morgan fingerprint density at radius 2 is 1.58 bits per heavy atom. The predicted octanol–water partition coefficient (Wildman–Crippen LogP) is 5.43. The quantitative estimate of drug-likeness (QED) is 0.0527. The largest absolute Gasteiger partial charge is 0.456 e. The van der Waals surface area contributed by atoms with E-state index in [1.807, 2.05) is 0 Å². The Labute approximate surface area is 508 Å². The molecule has 5 heterocycles. The molecule has 13 unspecified atom stereocenters. The first-order valence-corrected chi connectivity index (χ1v) is 29.7. The molecule has 2 aromatic heterocycles. The van der Waals surface area contributed by atoms with E-state index in [0.717, 1.165) is 50.2 Å². The number of benzene rings is 2. The number of anilines is 3. The number of halogens is 1. The number of esters is 3. The second-order valence-corrected chi connectivity index (χ2v) is 26.4. The maximum absolute atomic E-state index is 14.9. The number of rotatable bonds is 11. The van der Waals surface area contributed by atoms with Crippen LogP contribution in [-0.4, -0.2) is 157 Å². The third-order valence-corrected chi connectivity index (χ3v) is 19.9. The number of ketones is 1. The number of aromatic nitrogens is 3. The lowest BCUT2D eigenvalue weighted by Crippen LogP contribution is -2.81. The predicted molar refractivity (Wildman–Crippen MR) is 315 cm³/mol. The molecule has 25 heteroatoms. The number of aliphatic hydroxyl groups is 4. The number of amides is 1. The van der Waals surface area contributed by atoms with E-state index in [0.29, 0.717) is 21.4 Å². The number of carbonyl (C=O) groups is 5. The number of nitrogens with zero attached hydrogens (tertiary/aromatic N) is 4. The number of hydrogen-bond donors (Lipinski definition) is 8. The van der Waals surface area contributed by atoms with Crippen LogP contribution >= 0.6 is 23.4 Å². The fourth-order valence-corrected chi connectivity index (χ4v) is 14.5. The number of piperidine rings is 1. The summed E-state index contributed by atoms with van der Waals surface area (Å²) in [5.74, 6) is -3.95. The number of Topliss-reactive ketones (excluding diaryl/α,β-unsaturated/α-hetero) is 1. The fourth-order valence-electron chi connectivity index (χ4n) is 13.5. The highest BCUT2D eigenvalue weighted by atomic mass is 35.5. The minimum Gasteiger partial charge on any atom is -0.456 e. The van der Waals surface area contributed by atoms with Crippen LogP contribution in [0.15, 0.2) is 100 Å². The lowest BCUT2D eigenvalue weighted by Gasteiger charge is -2.67. The Balaban J connectivity index is 0.000000262. The molecule has 464 valence electrons. The van der Waals surface area contributed by atoms with Crippen LogP contribution in [-0.2, 0) is 42.8 Å². The lowest BCUT2D eigenvalue weighted by atomic mass is 9.44. The van der Waals surface area contributed by atoms with E-state index in [1.54, 1.807) is 102 Å². The molecule has 2 saturated carbocycles. The molecule has 0 radical (unpaired) electrons. The number of fused-ring (bicyclic) bond motifs is 5. The first-order chi connectivity index (χ1) is 40.4. The summed E-state index contributed by atoms with van der Waals surface area (Å²) in [5, 5.41) is 52.5. The first kappa shape index (κ1) is 64.0. The van der Waals surface area contributed by atoms with Crippen LogP contribution in [0.2, 0.25) is 5.02 Å². The van der Waals surface area contributed by atoms with Gasteiger partial charge in [-0.2, -0.15) is 0 Å². The average molecular weight is 1230 g/mol. The highest BCUT2D eigenvalue weighted by molar-refractivity contribution is 7.99. The molecule has 3 aliphatic carbocycles. The van der Waals surface area contributed by atoms with Gasteiger partial charge in [-0.1, -0.05) is 85.7 Å². The van der Waals surface area contributed by atoms with Crippen LogP contribution in [0.5, 0.6) is 0 Å². The standard InChI is InChI=1S/C43H53NO14.C18H24ClN7OS/c1-22-26(55-37(51)32(48)30(24-15-11-9-12-16-24)44-38(52)58-39(3,4)5)20-43(53)35(56-36(50)25-17-13-10-14-18-25)33-41(8,34(49)31(47)29(22)40(43,6)7)27(46)19-28-42(33,21-54-28)57-23(2)45;1-10-14(20)18(9-27-10)3-6-26(7-4-18)12-8-24-17(16(22)25-12)28-11-2-5-23-15(21)13(11)19/h9-18,26-28,30-33,35,46-48,53H,19-21H2,1-8H3,(H,44,52);2,5,8,10,14H,3-4,6-7,9,20H2,1H3,(H2,21,23)(H2,22,25). The fraction of sp³-hybridized carbons (Fsp3) is 0.541. The van der Waals surface area contributed by atoms with E-state index in [9.17, 15) is 44.4 Å². The zero-order chi connectivity index (χ0) is 62.6. The molecule has 5 fully saturated rings. The van der Waals surface area contributed by atoms with E-state index in [-0.39, 0.29) is 53.1 Å². The SMILES string of the molecule is CC(=O)OC12COC1CC(O)C1(C)C(=O)C(O)C3=C(C)C(OC(=O)C(O)C(NC(=O)OC(C)(C)C)c4ccccc4)CC(O)(C(OC(=O)c4ccccc4)C21)C3(C)C.CC1OCC2(CCN(c3cnc(Sc4ccnc(N)c4Cl)c(N)n3)CC2)C1N. The second-order valence-electron chi connectivity index (χ2n) is 25.0. The van der Waals surface area contributed by atoms with Gasteiger partial charge >= 0.3 is 24.0 Å². The van der Waals surface area contributed by atoms with Gasteiger partial charge in [0.25, 0.3) is 0 Å². The maximum atomic E-state index is 14.9. The number of alkyl carbamates (subject to hydrolysis) is 1. The summed E-state index contributed by atoms with van der Waals surface area (Å²) in [6, 6.07) is 16.5. The van der Waals surface area contributed by atoms with E-state index in [1.165, 1.54) is 37.7 Å². The summed E-state index contributed by atoms with van der Waals surface area (Å²) in [6.45, 7) is 16.3. The van der Waals surface area contributed by atoms with Gasteiger partial charge < -0.3 is 76.3 Å². The van der Waals surface area contributed by atoms with Crippen LogP contribution in [0.3, 0.4) is 0 Å². The number of carbonyl (C=O) groups excluding carboxylic acids is 5. The smallest absolute Gasteiger partial charge is 0.408 e. The van der Waals surface area contributed by atoms with Crippen molar-refractivity contribution in [1.29, 1.82) is 0 Å². The minimum absolute atomic E-state index is 0.0637. The molecule has 3 aliphatic heterocycles. The van der Waals surface area contributed by atoms with Crippen molar-refractivity contribution in [3.05, 3.63) is 106 Å². The normalized spacial score (nSPS) is 30.5. The number of pyridine rings is 1. The molecular formula is C61H77ClN8O15S. The monoisotopic (exact) mass is 1230 g/mol. The van der Waals surface area contributed by atoms with Crippen LogP contribution < -0.4 is 27.4 Å².